The number of aryl methyl sites for hydroxylation is 1. The van der Waals surface area contributed by atoms with Crippen LogP contribution in [0, 0.1) is 12.3 Å². The Morgan fingerprint density at radius 1 is 1.33 bits per heavy atom. The first-order valence-corrected chi connectivity index (χ1v) is 10.5. The third-order valence-electron chi connectivity index (χ3n) is 4.74. The van der Waals surface area contributed by atoms with E-state index < -0.39 is 12.8 Å². The minimum atomic E-state index is -4.39. The van der Waals surface area contributed by atoms with Crippen molar-refractivity contribution in [3.63, 3.8) is 0 Å². The second-order valence-corrected chi connectivity index (χ2v) is 7.73. The van der Waals surface area contributed by atoms with Crippen molar-refractivity contribution in [3.8, 4) is 0 Å². The van der Waals surface area contributed by atoms with Gasteiger partial charge in [0.2, 0.25) is 5.95 Å². The van der Waals surface area contributed by atoms with E-state index >= 15 is 0 Å². The molecule has 2 aromatic rings. The van der Waals surface area contributed by atoms with Gasteiger partial charge in [0.1, 0.15) is 29.6 Å². The zero-order chi connectivity index (χ0) is 24.0. The standard InChI is InChI=1S/C20H28F3N9O/c1-12-10-32(8-6-25-12)19-30-16(13(2)24)17(27-7-9-33-11-20(21,22)23)18(31-19)29-15-4-5-26-14(3)28-15/h4-5,12,24-25,27H,6-11H2,1-3H3,(H,26,28,29,30,31)/t12-/m1/s1. The highest BCUT2D eigenvalue weighted by Gasteiger charge is 2.27. The number of ether oxygens (including phenoxy) is 1. The van der Waals surface area contributed by atoms with Crippen molar-refractivity contribution in [2.75, 3.05) is 54.9 Å². The highest BCUT2D eigenvalue weighted by molar-refractivity contribution is 6.02. The molecule has 1 atom stereocenters. The van der Waals surface area contributed by atoms with Gasteiger partial charge in [0.15, 0.2) is 5.82 Å². The first-order valence-electron chi connectivity index (χ1n) is 10.5. The fourth-order valence-corrected chi connectivity index (χ4v) is 3.32. The molecule has 1 aliphatic rings. The largest absolute Gasteiger partial charge is 0.411 e. The minimum absolute atomic E-state index is 0.0707. The van der Waals surface area contributed by atoms with E-state index in [1.165, 1.54) is 0 Å². The van der Waals surface area contributed by atoms with Gasteiger partial charge >= 0.3 is 6.18 Å². The molecule has 1 saturated heterocycles. The van der Waals surface area contributed by atoms with Gasteiger partial charge in [0.25, 0.3) is 0 Å². The van der Waals surface area contributed by atoms with E-state index in [1.807, 2.05) is 4.90 Å². The molecule has 0 radical (unpaired) electrons. The molecule has 10 nitrogen and oxygen atoms in total. The van der Waals surface area contributed by atoms with Gasteiger partial charge in [-0.1, -0.05) is 0 Å². The third-order valence-corrected chi connectivity index (χ3v) is 4.74. The molecule has 0 saturated carbocycles. The van der Waals surface area contributed by atoms with Crippen molar-refractivity contribution < 1.29 is 17.9 Å². The van der Waals surface area contributed by atoms with Crippen molar-refractivity contribution in [3.05, 3.63) is 23.8 Å². The lowest BCUT2D eigenvalue weighted by Crippen LogP contribution is -2.50. The monoisotopic (exact) mass is 467 g/mol. The average Bonchev–Trinajstić information content (AvgIpc) is 2.73. The molecule has 0 bridgehead atoms. The summed E-state index contributed by atoms with van der Waals surface area (Å²) in [4.78, 5) is 19.7. The molecular weight excluding hydrogens is 439 g/mol. The maximum atomic E-state index is 12.3. The maximum Gasteiger partial charge on any atom is 0.411 e. The van der Waals surface area contributed by atoms with E-state index in [0.717, 1.165) is 6.54 Å². The highest BCUT2D eigenvalue weighted by atomic mass is 19.4. The maximum absolute atomic E-state index is 12.3. The van der Waals surface area contributed by atoms with Crippen molar-refractivity contribution >= 4 is 29.0 Å². The molecular formula is C20H28F3N9O. The molecule has 1 fully saturated rings. The van der Waals surface area contributed by atoms with Gasteiger partial charge in [-0.3, -0.25) is 0 Å². The Bertz CT molecular complexity index is 970. The summed E-state index contributed by atoms with van der Waals surface area (Å²) in [7, 11) is 0. The average molecular weight is 468 g/mol. The van der Waals surface area contributed by atoms with Crippen LogP contribution in [0.4, 0.5) is 36.4 Å². The van der Waals surface area contributed by atoms with Crippen molar-refractivity contribution in [1.29, 1.82) is 5.41 Å². The quantitative estimate of drug-likeness (QED) is 0.325. The summed E-state index contributed by atoms with van der Waals surface area (Å²) in [6.07, 6.45) is -2.79. The molecule has 33 heavy (non-hydrogen) atoms. The summed E-state index contributed by atoms with van der Waals surface area (Å²) in [6.45, 7) is 6.14. The van der Waals surface area contributed by atoms with E-state index in [2.05, 4.69) is 47.5 Å². The highest BCUT2D eigenvalue weighted by Crippen LogP contribution is 2.29. The number of nitrogens with zero attached hydrogens (tertiary/aromatic N) is 5. The Balaban J connectivity index is 1.91. The summed E-state index contributed by atoms with van der Waals surface area (Å²) in [6, 6.07) is 1.92. The molecule has 13 heteroatoms. The van der Waals surface area contributed by atoms with E-state index in [0.29, 0.717) is 47.9 Å². The fraction of sp³-hybridized carbons (Fsp3) is 0.550. The lowest BCUT2D eigenvalue weighted by atomic mass is 10.2. The Morgan fingerprint density at radius 3 is 2.79 bits per heavy atom. The Labute approximate surface area is 189 Å². The molecule has 3 rings (SSSR count). The molecule has 0 aromatic carbocycles. The topological polar surface area (TPSA) is 124 Å². The molecule has 0 aliphatic carbocycles. The number of piperazine rings is 1. The Kier molecular flexibility index (Phi) is 7.97. The van der Waals surface area contributed by atoms with Crippen molar-refractivity contribution in [2.24, 2.45) is 0 Å². The van der Waals surface area contributed by atoms with E-state index in [1.54, 1.807) is 26.1 Å². The van der Waals surface area contributed by atoms with Crippen LogP contribution >= 0.6 is 0 Å². The molecule has 3 heterocycles. The second-order valence-electron chi connectivity index (χ2n) is 7.73. The smallest absolute Gasteiger partial charge is 0.378 e. The summed E-state index contributed by atoms with van der Waals surface area (Å²) in [5.41, 5.74) is 0.916. The van der Waals surface area contributed by atoms with Gasteiger partial charge in [-0.25, -0.2) is 15.0 Å². The summed E-state index contributed by atoms with van der Waals surface area (Å²) in [5.74, 6) is 1.87. The summed E-state index contributed by atoms with van der Waals surface area (Å²) < 4.78 is 41.7. The van der Waals surface area contributed by atoms with Crippen LogP contribution in [-0.2, 0) is 4.74 Å². The molecule has 180 valence electrons. The fourth-order valence-electron chi connectivity index (χ4n) is 3.32. The van der Waals surface area contributed by atoms with Gasteiger partial charge in [0.05, 0.1) is 12.3 Å². The number of alkyl halides is 3. The zero-order valence-electron chi connectivity index (χ0n) is 18.8. The SMILES string of the molecule is CC(=N)c1nc(N2CCN[C@H](C)C2)nc(Nc2ccnc(C)n2)c1NCCOCC(F)(F)F. The van der Waals surface area contributed by atoms with Crippen LogP contribution in [0.2, 0.25) is 0 Å². The molecule has 1 aliphatic heterocycles. The van der Waals surface area contributed by atoms with Crippen LogP contribution in [0.15, 0.2) is 12.3 Å². The molecule has 4 N–H and O–H groups in total. The van der Waals surface area contributed by atoms with E-state index in [4.69, 9.17) is 5.41 Å². The lowest BCUT2D eigenvalue weighted by Gasteiger charge is -2.32. The van der Waals surface area contributed by atoms with Crippen molar-refractivity contribution in [1.82, 2.24) is 25.3 Å². The van der Waals surface area contributed by atoms with Gasteiger partial charge in [0, 0.05) is 38.4 Å². The van der Waals surface area contributed by atoms with Crippen LogP contribution < -0.4 is 20.9 Å². The van der Waals surface area contributed by atoms with E-state index in [-0.39, 0.29) is 24.9 Å². The number of hydrogen-bond donors (Lipinski definition) is 4. The second kappa shape index (κ2) is 10.7. The lowest BCUT2D eigenvalue weighted by molar-refractivity contribution is -0.172. The number of nitrogens with one attached hydrogen (secondary N) is 4. The summed E-state index contributed by atoms with van der Waals surface area (Å²) >= 11 is 0. The predicted molar refractivity (Wildman–Crippen MR) is 120 cm³/mol. The van der Waals surface area contributed by atoms with Gasteiger partial charge in [-0.05, 0) is 26.8 Å². The van der Waals surface area contributed by atoms with Gasteiger partial charge in [-0.15, -0.1) is 0 Å². The van der Waals surface area contributed by atoms with Crippen LogP contribution in [0.25, 0.3) is 0 Å². The van der Waals surface area contributed by atoms with Gasteiger partial charge < -0.3 is 31.0 Å². The number of halogens is 3. The van der Waals surface area contributed by atoms with Gasteiger partial charge in [-0.2, -0.15) is 18.2 Å². The zero-order valence-corrected chi connectivity index (χ0v) is 18.8. The number of hydrogen-bond acceptors (Lipinski definition) is 10. The molecule has 2 aromatic heterocycles. The molecule has 0 unspecified atom stereocenters. The number of aromatic nitrogens is 4. The van der Waals surface area contributed by atoms with Crippen LogP contribution in [0.5, 0.6) is 0 Å². The Morgan fingerprint density at radius 2 is 2.12 bits per heavy atom. The van der Waals surface area contributed by atoms with Crippen LogP contribution in [0.3, 0.4) is 0 Å². The molecule has 0 spiro atoms. The number of rotatable bonds is 9. The van der Waals surface area contributed by atoms with Crippen LogP contribution in [-0.4, -0.2) is 77.3 Å². The minimum Gasteiger partial charge on any atom is -0.378 e. The summed E-state index contributed by atoms with van der Waals surface area (Å²) in [5, 5.41) is 17.8. The van der Waals surface area contributed by atoms with Crippen LogP contribution in [0.1, 0.15) is 25.4 Å². The van der Waals surface area contributed by atoms with Crippen molar-refractivity contribution in [2.45, 2.75) is 33.0 Å². The Hall–Kier alpha value is -3.06. The normalized spacial score (nSPS) is 16.5. The predicted octanol–water partition coefficient (Wildman–Crippen LogP) is 2.50. The molecule has 0 amide bonds. The first-order chi connectivity index (χ1) is 15.6. The number of anilines is 4. The third kappa shape index (κ3) is 7.22. The van der Waals surface area contributed by atoms with E-state index in [9.17, 15) is 13.2 Å². The first kappa shape index (κ1) is 24.6.